The molecule has 0 aliphatic carbocycles. The lowest BCUT2D eigenvalue weighted by molar-refractivity contribution is -0.384. The molecule has 11 heteroatoms. The second kappa shape index (κ2) is 10.9. The molecule has 1 unspecified atom stereocenters. The fraction of sp³-hybridized carbons (Fsp3) is 0.250. The summed E-state index contributed by atoms with van der Waals surface area (Å²) in [4.78, 5) is 46.5. The van der Waals surface area contributed by atoms with Crippen LogP contribution in [0, 0.1) is 10.1 Å². The van der Waals surface area contributed by atoms with Gasteiger partial charge in [-0.25, -0.2) is 0 Å². The summed E-state index contributed by atoms with van der Waals surface area (Å²) < 4.78 is 10.3. The number of nitrogens with zero attached hydrogens (tertiary/aromatic N) is 1. The van der Waals surface area contributed by atoms with Gasteiger partial charge < -0.3 is 20.1 Å². The molecule has 2 N–H and O–H groups in total. The third kappa shape index (κ3) is 6.96. The van der Waals surface area contributed by atoms with Gasteiger partial charge in [-0.15, -0.1) is 0 Å². The van der Waals surface area contributed by atoms with Crippen molar-refractivity contribution in [1.82, 2.24) is 5.32 Å². The van der Waals surface area contributed by atoms with Gasteiger partial charge in [-0.3, -0.25) is 24.5 Å². The first kappa shape index (κ1) is 23.6. The molecule has 0 aromatic heterocycles. The SMILES string of the molecule is CCOc1ccc(C(=O)NCC(=O)OC(C)C(=O)Nc2cc([N+](=O)[O-])ccc2Cl)cc1. The minimum Gasteiger partial charge on any atom is -0.494 e. The fourth-order valence-electron chi connectivity index (χ4n) is 2.37. The van der Waals surface area contributed by atoms with E-state index < -0.39 is 35.4 Å². The summed E-state index contributed by atoms with van der Waals surface area (Å²) >= 11 is 5.93. The second-order valence-electron chi connectivity index (χ2n) is 6.18. The summed E-state index contributed by atoms with van der Waals surface area (Å²) in [5.74, 6) is -1.47. The Hall–Kier alpha value is -3.66. The van der Waals surface area contributed by atoms with E-state index in [4.69, 9.17) is 21.1 Å². The predicted molar refractivity (Wildman–Crippen MR) is 112 cm³/mol. The number of hydrogen-bond acceptors (Lipinski definition) is 7. The van der Waals surface area contributed by atoms with Crippen molar-refractivity contribution in [3.05, 3.63) is 63.2 Å². The van der Waals surface area contributed by atoms with Gasteiger partial charge in [0.05, 0.1) is 22.2 Å². The normalized spacial score (nSPS) is 11.2. The van der Waals surface area contributed by atoms with Gasteiger partial charge in [0.1, 0.15) is 12.3 Å². The van der Waals surface area contributed by atoms with E-state index in [1.807, 2.05) is 6.92 Å². The number of nitro benzene ring substituents is 1. The van der Waals surface area contributed by atoms with E-state index in [1.54, 1.807) is 24.3 Å². The number of ether oxygens (including phenoxy) is 2. The number of carbonyl (C=O) groups excluding carboxylic acids is 3. The van der Waals surface area contributed by atoms with Crippen molar-refractivity contribution in [2.45, 2.75) is 20.0 Å². The van der Waals surface area contributed by atoms with E-state index in [1.165, 1.54) is 19.1 Å². The van der Waals surface area contributed by atoms with Crippen LogP contribution >= 0.6 is 11.6 Å². The molecule has 0 bridgehead atoms. The Balaban J connectivity index is 1.86. The van der Waals surface area contributed by atoms with Gasteiger partial charge in [-0.2, -0.15) is 0 Å². The standard InChI is InChI=1S/C20H20ClN3O7/c1-3-30-15-7-4-13(5-8-15)20(27)22-11-18(25)31-12(2)19(26)23-17-10-14(24(28)29)6-9-16(17)21/h4-10,12H,3,11H2,1-2H3,(H,22,27)(H,23,26). The van der Waals surface area contributed by atoms with E-state index >= 15 is 0 Å². The summed E-state index contributed by atoms with van der Waals surface area (Å²) in [5, 5.41) is 15.7. The van der Waals surface area contributed by atoms with Gasteiger partial charge in [0, 0.05) is 17.7 Å². The lowest BCUT2D eigenvalue weighted by Crippen LogP contribution is -2.35. The average molecular weight is 450 g/mol. The number of hydrogen-bond donors (Lipinski definition) is 2. The molecule has 0 heterocycles. The van der Waals surface area contributed by atoms with Crippen LogP contribution in [0.2, 0.25) is 5.02 Å². The predicted octanol–water partition coefficient (Wildman–Crippen LogP) is 2.95. The molecule has 2 amide bonds. The Bertz CT molecular complexity index is 979. The van der Waals surface area contributed by atoms with Crippen LogP contribution in [0.15, 0.2) is 42.5 Å². The minimum absolute atomic E-state index is 0.00701. The molecule has 0 aliphatic heterocycles. The highest BCUT2D eigenvalue weighted by Gasteiger charge is 2.20. The highest BCUT2D eigenvalue weighted by molar-refractivity contribution is 6.33. The Morgan fingerprint density at radius 3 is 2.45 bits per heavy atom. The molecule has 164 valence electrons. The van der Waals surface area contributed by atoms with Gasteiger partial charge in [0.15, 0.2) is 6.10 Å². The Morgan fingerprint density at radius 1 is 1.16 bits per heavy atom. The summed E-state index contributed by atoms with van der Waals surface area (Å²) in [6.45, 7) is 3.19. The third-order valence-electron chi connectivity index (χ3n) is 3.92. The van der Waals surface area contributed by atoms with E-state index in [2.05, 4.69) is 10.6 Å². The molecule has 0 fully saturated rings. The number of non-ortho nitro benzene ring substituents is 1. The first-order valence-electron chi connectivity index (χ1n) is 9.16. The molecule has 0 saturated heterocycles. The van der Waals surface area contributed by atoms with E-state index in [-0.39, 0.29) is 16.4 Å². The van der Waals surface area contributed by atoms with Crippen LogP contribution in [0.3, 0.4) is 0 Å². The van der Waals surface area contributed by atoms with Crippen molar-refractivity contribution >= 4 is 40.8 Å². The van der Waals surface area contributed by atoms with E-state index in [9.17, 15) is 24.5 Å². The highest BCUT2D eigenvalue weighted by atomic mass is 35.5. The quantitative estimate of drug-likeness (QED) is 0.341. The molecule has 0 radical (unpaired) electrons. The lowest BCUT2D eigenvalue weighted by Gasteiger charge is -2.14. The monoisotopic (exact) mass is 449 g/mol. The van der Waals surface area contributed by atoms with Gasteiger partial charge in [0.2, 0.25) is 0 Å². The van der Waals surface area contributed by atoms with Gasteiger partial charge in [0.25, 0.3) is 17.5 Å². The topological polar surface area (TPSA) is 137 Å². The van der Waals surface area contributed by atoms with Crippen LogP contribution in [0.25, 0.3) is 0 Å². The summed E-state index contributed by atoms with van der Waals surface area (Å²) in [6, 6.07) is 9.89. The van der Waals surface area contributed by atoms with Gasteiger partial charge in [-0.1, -0.05) is 11.6 Å². The number of nitro groups is 1. The molecule has 10 nitrogen and oxygen atoms in total. The van der Waals surface area contributed by atoms with Crippen LogP contribution in [-0.2, 0) is 14.3 Å². The number of rotatable bonds is 9. The van der Waals surface area contributed by atoms with Crippen LogP contribution in [0.4, 0.5) is 11.4 Å². The van der Waals surface area contributed by atoms with Crippen molar-refractivity contribution in [1.29, 1.82) is 0 Å². The van der Waals surface area contributed by atoms with Gasteiger partial charge >= 0.3 is 5.97 Å². The number of amides is 2. The Kier molecular flexibility index (Phi) is 8.33. The maximum Gasteiger partial charge on any atom is 0.326 e. The maximum absolute atomic E-state index is 12.2. The van der Waals surface area contributed by atoms with E-state index in [0.29, 0.717) is 17.9 Å². The maximum atomic E-state index is 12.2. The molecule has 2 rings (SSSR count). The van der Waals surface area contributed by atoms with Crippen molar-refractivity contribution in [2.75, 3.05) is 18.5 Å². The van der Waals surface area contributed by atoms with Crippen LogP contribution in [0.5, 0.6) is 5.75 Å². The molecule has 31 heavy (non-hydrogen) atoms. The van der Waals surface area contributed by atoms with Crippen molar-refractivity contribution < 1.29 is 28.8 Å². The number of nitrogens with one attached hydrogen (secondary N) is 2. The number of carbonyl (C=O) groups is 3. The van der Waals surface area contributed by atoms with E-state index in [0.717, 1.165) is 6.07 Å². The smallest absolute Gasteiger partial charge is 0.326 e. The molecule has 1 atom stereocenters. The first-order chi connectivity index (χ1) is 14.7. The zero-order valence-electron chi connectivity index (χ0n) is 16.7. The Labute approximate surface area is 182 Å². The number of halogens is 1. The minimum atomic E-state index is -1.23. The van der Waals surface area contributed by atoms with Crippen LogP contribution in [0.1, 0.15) is 24.2 Å². The lowest BCUT2D eigenvalue weighted by atomic mass is 10.2. The molecular formula is C20H20ClN3O7. The molecule has 0 saturated carbocycles. The van der Waals surface area contributed by atoms with Crippen molar-refractivity contribution in [3.63, 3.8) is 0 Å². The number of anilines is 1. The first-order valence-corrected chi connectivity index (χ1v) is 9.54. The largest absolute Gasteiger partial charge is 0.494 e. The fourth-order valence-corrected chi connectivity index (χ4v) is 2.54. The average Bonchev–Trinajstić information content (AvgIpc) is 2.74. The summed E-state index contributed by atoms with van der Waals surface area (Å²) in [5.41, 5.74) is 0.0660. The van der Waals surface area contributed by atoms with Crippen molar-refractivity contribution in [2.24, 2.45) is 0 Å². The number of benzene rings is 2. The molecule has 2 aromatic carbocycles. The summed E-state index contributed by atoms with van der Waals surface area (Å²) in [6.07, 6.45) is -1.23. The zero-order chi connectivity index (χ0) is 23.0. The van der Waals surface area contributed by atoms with Crippen LogP contribution < -0.4 is 15.4 Å². The zero-order valence-corrected chi connectivity index (χ0v) is 17.5. The molecule has 0 aliphatic rings. The third-order valence-corrected chi connectivity index (χ3v) is 4.25. The molecule has 2 aromatic rings. The van der Waals surface area contributed by atoms with Gasteiger partial charge in [-0.05, 0) is 44.2 Å². The molecule has 0 spiro atoms. The second-order valence-corrected chi connectivity index (χ2v) is 6.59. The van der Waals surface area contributed by atoms with Crippen LogP contribution in [-0.4, -0.2) is 42.0 Å². The van der Waals surface area contributed by atoms with Crippen molar-refractivity contribution in [3.8, 4) is 5.75 Å². The highest BCUT2D eigenvalue weighted by Crippen LogP contribution is 2.26. The molecular weight excluding hydrogens is 430 g/mol. The number of esters is 1. The Morgan fingerprint density at radius 2 is 1.84 bits per heavy atom. The summed E-state index contributed by atoms with van der Waals surface area (Å²) in [7, 11) is 0.